The maximum Gasteiger partial charge on any atom is 0.122 e. The molecule has 86 valence electrons. The lowest BCUT2D eigenvalue weighted by atomic mass is 10.1. The first kappa shape index (κ1) is 11.5. The number of para-hydroxylation sites is 1. The average molecular weight is 224 g/mol. The number of allylic oxidation sites excluding steroid dienone is 1. The molecule has 0 heterocycles. The number of aryl methyl sites for hydroxylation is 1. The smallest absolute Gasteiger partial charge is 0.122 e. The maximum absolute atomic E-state index is 9.58. The van der Waals surface area contributed by atoms with E-state index in [9.17, 15) is 5.11 Å². The Kier molecular flexibility index (Phi) is 3.98. The Bertz CT molecular complexity index is 486. The average Bonchev–Trinajstić information content (AvgIpc) is 2.38. The third-order valence-corrected chi connectivity index (χ3v) is 2.68. The monoisotopic (exact) mass is 224 g/mol. The van der Waals surface area contributed by atoms with Gasteiger partial charge in [-0.25, -0.2) is 0 Å². The maximum atomic E-state index is 9.58. The van der Waals surface area contributed by atoms with Crippen molar-refractivity contribution in [3.05, 3.63) is 71.8 Å². The zero-order chi connectivity index (χ0) is 11.9. The van der Waals surface area contributed by atoms with Crippen LogP contribution in [0.2, 0.25) is 0 Å². The van der Waals surface area contributed by atoms with Gasteiger partial charge in [0, 0.05) is 5.56 Å². The van der Waals surface area contributed by atoms with E-state index >= 15 is 0 Å². The van der Waals surface area contributed by atoms with Gasteiger partial charge in [-0.2, -0.15) is 0 Å². The zero-order valence-corrected chi connectivity index (χ0v) is 9.71. The van der Waals surface area contributed by atoms with E-state index in [2.05, 4.69) is 30.3 Å². The van der Waals surface area contributed by atoms with Crippen molar-refractivity contribution in [2.45, 2.75) is 12.8 Å². The third-order valence-electron chi connectivity index (χ3n) is 2.68. The second-order valence-electron chi connectivity index (χ2n) is 3.99. The Balaban J connectivity index is 1.89. The fourth-order valence-electron chi connectivity index (χ4n) is 1.73. The highest BCUT2D eigenvalue weighted by molar-refractivity contribution is 5.56. The first-order chi connectivity index (χ1) is 8.36. The van der Waals surface area contributed by atoms with E-state index in [1.165, 1.54) is 5.56 Å². The van der Waals surface area contributed by atoms with Gasteiger partial charge in [0.1, 0.15) is 5.75 Å². The molecule has 2 aromatic rings. The first-order valence-electron chi connectivity index (χ1n) is 5.85. The Labute approximate surface area is 102 Å². The highest BCUT2D eigenvalue weighted by atomic mass is 16.3. The molecule has 0 spiro atoms. The Morgan fingerprint density at radius 3 is 2.35 bits per heavy atom. The summed E-state index contributed by atoms with van der Waals surface area (Å²) in [5.74, 6) is 0.337. The van der Waals surface area contributed by atoms with Gasteiger partial charge in [-0.3, -0.25) is 0 Å². The van der Waals surface area contributed by atoms with E-state index in [0.717, 1.165) is 18.4 Å². The highest BCUT2D eigenvalue weighted by Crippen LogP contribution is 2.17. The summed E-state index contributed by atoms with van der Waals surface area (Å²) in [7, 11) is 0. The minimum Gasteiger partial charge on any atom is -0.507 e. The van der Waals surface area contributed by atoms with Crippen molar-refractivity contribution >= 4 is 6.08 Å². The lowest BCUT2D eigenvalue weighted by molar-refractivity contribution is 0.474. The van der Waals surface area contributed by atoms with Crippen LogP contribution >= 0.6 is 0 Å². The molecule has 17 heavy (non-hydrogen) atoms. The number of rotatable bonds is 4. The molecular weight excluding hydrogens is 208 g/mol. The van der Waals surface area contributed by atoms with Crippen molar-refractivity contribution in [2.75, 3.05) is 0 Å². The van der Waals surface area contributed by atoms with E-state index in [1.54, 1.807) is 6.07 Å². The minimum absolute atomic E-state index is 0.337. The fraction of sp³-hybridized carbons (Fsp3) is 0.125. The summed E-state index contributed by atoms with van der Waals surface area (Å²) in [5, 5.41) is 9.58. The normalized spacial score (nSPS) is 10.8. The topological polar surface area (TPSA) is 20.2 Å². The van der Waals surface area contributed by atoms with Crippen LogP contribution in [0.4, 0.5) is 0 Å². The van der Waals surface area contributed by atoms with Crippen LogP contribution < -0.4 is 0 Å². The van der Waals surface area contributed by atoms with Crippen molar-refractivity contribution in [3.63, 3.8) is 0 Å². The molecule has 2 aromatic carbocycles. The summed E-state index contributed by atoms with van der Waals surface area (Å²) in [6, 6.07) is 17.8. The molecule has 0 saturated heterocycles. The molecule has 0 aliphatic heterocycles. The van der Waals surface area contributed by atoms with Crippen LogP contribution in [0.3, 0.4) is 0 Å². The van der Waals surface area contributed by atoms with Gasteiger partial charge in [-0.1, -0.05) is 60.7 Å². The number of benzene rings is 2. The van der Waals surface area contributed by atoms with Crippen LogP contribution in [0.1, 0.15) is 17.5 Å². The fourth-order valence-corrected chi connectivity index (χ4v) is 1.73. The molecule has 2 rings (SSSR count). The molecule has 0 bridgehead atoms. The summed E-state index contributed by atoms with van der Waals surface area (Å²) in [6.45, 7) is 0. The van der Waals surface area contributed by atoms with Crippen LogP contribution in [0.15, 0.2) is 60.7 Å². The molecule has 1 nitrogen and oxygen atoms in total. The third kappa shape index (κ3) is 3.49. The van der Waals surface area contributed by atoms with Crippen molar-refractivity contribution < 1.29 is 5.11 Å². The van der Waals surface area contributed by atoms with Crippen LogP contribution in [0, 0.1) is 0 Å². The van der Waals surface area contributed by atoms with E-state index in [-0.39, 0.29) is 0 Å². The van der Waals surface area contributed by atoms with Gasteiger partial charge in [-0.05, 0) is 24.5 Å². The van der Waals surface area contributed by atoms with Crippen LogP contribution in [-0.2, 0) is 6.42 Å². The second-order valence-corrected chi connectivity index (χ2v) is 3.99. The molecule has 0 fully saturated rings. The summed E-state index contributed by atoms with van der Waals surface area (Å²) >= 11 is 0. The first-order valence-corrected chi connectivity index (χ1v) is 5.85. The molecule has 0 aromatic heterocycles. The molecule has 1 heteroatoms. The van der Waals surface area contributed by atoms with Gasteiger partial charge in [0.15, 0.2) is 0 Å². The predicted molar refractivity (Wildman–Crippen MR) is 71.9 cm³/mol. The van der Waals surface area contributed by atoms with Crippen molar-refractivity contribution in [3.8, 4) is 5.75 Å². The Morgan fingerprint density at radius 2 is 1.59 bits per heavy atom. The van der Waals surface area contributed by atoms with E-state index in [4.69, 9.17) is 0 Å². The molecule has 0 radical (unpaired) electrons. The number of aromatic hydroxyl groups is 1. The second kappa shape index (κ2) is 5.90. The van der Waals surface area contributed by atoms with Crippen molar-refractivity contribution in [1.82, 2.24) is 0 Å². The SMILES string of the molecule is Oc1ccccc1C=CCCc1ccccc1. The number of hydrogen-bond donors (Lipinski definition) is 1. The van der Waals surface area contributed by atoms with Crippen molar-refractivity contribution in [1.29, 1.82) is 0 Å². The Morgan fingerprint density at radius 1 is 0.882 bits per heavy atom. The van der Waals surface area contributed by atoms with Gasteiger partial charge in [0.2, 0.25) is 0 Å². The molecule has 0 aliphatic carbocycles. The lowest BCUT2D eigenvalue weighted by Crippen LogP contribution is -1.81. The summed E-state index contributed by atoms with van der Waals surface area (Å²) < 4.78 is 0. The largest absolute Gasteiger partial charge is 0.507 e. The molecule has 1 N–H and O–H groups in total. The summed E-state index contributed by atoms with van der Waals surface area (Å²) in [5.41, 5.74) is 2.22. The van der Waals surface area contributed by atoms with E-state index in [0.29, 0.717) is 5.75 Å². The number of phenols is 1. The molecule has 0 saturated carbocycles. The number of hydrogen-bond acceptors (Lipinski definition) is 1. The quantitative estimate of drug-likeness (QED) is 0.831. The molecule has 0 aliphatic rings. The van der Waals surface area contributed by atoms with Gasteiger partial charge < -0.3 is 5.11 Å². The van der Waals surface area contributed by atoms with Crippen LogP contribution in [0.25, 0.3) is 6.08 Å². The summed E-state index contributed by atoms with van der Waals surface area (Å²) in [6.07, 6.45) is 6.09. The molecule has 0 atom stereocenters. The van der Waals surface area contributed by atoms with Gasteiger partial charge in [0.25, 0.3) is 0 Å². The predicted octanol–water partition coefficient (Wildman–Crippen LogP) is 4.04. The standard InChI is InChI=1S/C16H16O/c17-16-13-7-6-12-15(16)11-5-4-10-14-8-2-1-3-9-14/h1-3,5-9,11-13,17H,4,10H2. The lowest BCUT2D eigenvalue weighted by Gasteiger charge is -1.98. The summed E-state index contributed by atoms with van der Waals surface area (Å²) in [4.78, 5) is 0. The van der Waals surface area contributed by atoms with Crippen LogP contribution in [0.5, 0.6) is 5.75 Å². The van der Waals surface area contributed by atoms with Crippen molar-refractivity contribution in [2.24, 2.45) is 0 Å². The van der Waals surface area contributed by atoms with E-state index in [1.807, 2.05) is 30.3 Å². The van der Waals surface area contributed by atoms with Gasteiger partial charge >= 0.3 is 0 Å². The minimum atomic E-state index is 0.337. The zero-order valence-electron chi connectivity index (χ0n) is 9.71. The van der Waals surface area contributed by atoms with Crippen LogP contribution in [-0.4, -0.2) is 5.11 Å². The highest BCUT2D eigenvalue weighted by Gasteiger charge is 1.93. The Hall–Kier alpha value is -2.02. The van der Waals surface area contributed by atoms with Gasteiger partial charge in [-0.15, -0.1) is 0 Å². The van der Waals surface area contributed by atoms with Gasteiger partial charge in [0.05, 0.1) is 0 Å². The molecular formula is C16H16O. The molecule has 0 amide bonds. The number of phenolic OH excluding ortho intramolecular Hbond substituents is 1. The van der Waals surface area contributed by atoms with E-state index < -0.39 is 0 Å². The molecule has 0 unspecified atom stereocenters.